The fourth-order valence-corrected chi connectivity index (χ4v) is 2.67. The first kappa shape index (κ1) is 13.7. The lowest BCUT2D eigenvalue weighted by Gasteiger charge is -2.13. The van der Waals surface area contributed by atoms with E-state index in [1.54, 1.807) is 0 Å². The molecular weight excluding hydrogens is 288 g/mol. The van der Waals surface area contributed by atoms with Gasteiger partial charge in [-0.25, -0.2) is 14.8 Å². The Morgan fingerprint density at radius 2 is 2.00 bits per heavy atom. The third-order valence-electron chi connectivity index (χ3n) is 3.37. The standard InChI is InChI=1S/C14H14N4O2S/c1-9(10-6-4-3-5-7-10)18-13-12(17-14(18)19)15-8-11(16-13)21(2)20/h3-9H,1-2H3,(H,15,17,19)/t9-,21?/m0/s1. The summed E-state index contributed by atoms with van der Waals surface area (Å²) in [7, 11) is -1.24. The summed E-state index contributed by atoms with van der Waals surface area (Å²) >= 11 is 0. The van der Waals surface area contributed by atoms with Crippen molar-refractivity contribution in [2.45, 2.75) is 18.0 Å². The lowest BCUT2D eigenvalue weighted by Crippen LogP contribution is -2.21. The molecule has 3 rings (SSSR count). The zero-order valence-electron chi connectivity index (χ0n) is 11.6. The molecule has 1 N–H and O–H groups in total. The van der Waals surface area contributed by atoms with Gasteiger partial charge >= 0.3 is 5.69 Å². The second-order valence-corrected chi connectivity index (χ2v) is 6.05. The van der Waals surface area contributed by atoms with Crippen molar-refractivity contribution in [3.05, 3.63) is 52.6 Å². The van der Waals surface area contributed by atoms with Gasteiger partial charge in [-0.05, 0) is 12.5 Å². The lowest BCUT2D eigenvalue weighted by molar-refractivity contribution is 0.628. The highest BCUT2D eigenvalue weighted by Crippen LogP contribution is 2.19. The molecule has 0 saturated carbocycles. The average molecular weight is 302 g/mol. The lowest BCUT2D eigenvalue weighted by atomic mass is 10.1. The van der Waals surface area contributed by atoms with Gasteiger partial charge in [-0.1, -0.05) is 30.3 Å². The van der Waals surface area contributed by atoms with Gasteiger partial charge in [0.1, 0.15) is 5.03 Å². The smallest absolute Gasteiger partial charge is 0.289 e. The average Bonchev–Trinajstić information content (AvgIpc) is 2.82. The van der Waals surface area contributed by atoms with Crippen molar-refractivity contribution in [1.29, 1.82) is 0 Å². The van der Waals surface area contributed by atoms with Crippen molar-refractivity contribution in [3.8, 4) is 0 Å². The molecule has 3 aromatic rings. The number of aromatic amines is 1. The number of rotatable bonds is 3. The molecule has 108 valence electrons. The maximum atomic E-state index is 12.2. The number of benzene rings is 1. The second-order valence-electron chi connectivity index (χ2n) is 4.72. The maximum Gasteiger partial charge on any atom is 0.329 e. The van der Waals surface area contributed by atoms with Gasteiger partial charge in [-0.2, -0.15) is 0 Å². The van der Waals surface area contributed by atoms with E-state index in [0.29, 0.717) is 16.3 Å². The van der Waals surface area contributed by atoms with Gasteiger partial charge in [-0.15, -0.1) is 0 Å². The van der Waals surface area contributed by atoms with Gasteiger partial charge in [0.2, 0.25) is 0 Å². The van der Waals surface area contributed by atoms with E-state index in [0.717, 1.165) is 5.56 Å². The van der Waals surface area contributed by atoms with Crippen molar-refractivity contribution in [2.75, 3.05) is 6.26 Å². The van der Waals surface area contributed by atoms with Crippen LogP contribution in [0.1, 0.15) is 18.5 Å². The molecule has 0 spiro atoms. The van der Waals surface area contributed by atoms with Crippen LogP contribution >= 0.6 is 0 Å². The van der Waals surface area contributed by atoms with Crippen molar-refractivity contribution >= 4 is 22.1 Å². The second kappa shape index (κ2) is 5.25. The number of hydrogen-bond acceptors (Lipinski definition) is 4. The minimum Gasteiger partial charge on any atom is -0.289 e. The number of nitrogens with zero attached hydrogens (tertiary/aromatic N) is 3. The van der Waals surface area contributed by atoms with Gasteiger partial charge in [0.15, 0.2) is 11.3 Å². The highest BCUT2D eigenvalue weighted by atomic mass is 32.2. The molecule has 0 bridgehead atoms. The first-order chi connectivity index (χ1) is 10.1. The largest absolute Gasteiger partial charge is 0.329 e. The minimum absolute atomic E-state index is 0.192. The molecule has 0 saturated heterocycles. The Bertz CT molecular complexity index is 870. The normalized spacial score (nSPS) is 14.2. The Morgan fingerprint density at radius 1 is 1.29 bits per heavy atom. The number of imidazole rings is 1. The summed E-state index contributed by atoms with van der Waals surface area (Å²) in [6.07, 6.45) is 2.96. The van der Waals surface area contributed by atoms with Gasteiger partial charge in [-0.3, -0.25) is 13.8 Å². The van der Waals surface area contributed by atoms with Gasteiger partial charge < -0.3 is 0 Å². The molecule has 1 aromatic carbocycles. The maximum absolute atomic E-state index is 12.2. The SMILES string of the molecule is C[C@@H](c1ccccc1)n1c(=O)[nH]c2ncc(S(C)=O)nc21. The van der Waals surface area contributed by atoms with Crippen LogP contribution in [-0.4, -0.2) is 30.0 Å². The molecule has 0 fully saturated rings. The molecular formula is C14H14N4O2S. The van der Waals surface area contributed by atoms with Crippen molar-refractivity contribution in [3.63, 3.8) is 0 Å². The fourth-order valence-electron chi connectivity index (χ4n) is 2.26. The van der Waals surface area contributed by atoms with Crippen LogP contribution in [0.15, 0.2) is 46.3 Å². The van der Waals surface area contributed by atoms with Crippen LogP contribution in [0.3, 0.4) is 0 Å². The summed E-state index contributed by atoms with van der Waals surface area (Å²) in [5.41, 5.74) is 1.53. The first-order valence-electron chi connectivity index (χ1n) is 6.43. The molecule has 0 aliphatic heterocycles. The highest BCUT2D eigenvalue weighted by Gasteiger charge is 2.17. The summed E-state index contributed by atoms with van der Waals surface area (Å²) < 4.78 is 13.1. The molecule has 6 nitrogen and oxygen atoms in total. The fraction of sp³-hybridized carbons (Fsp3) is 0.214. The van der Waals surface area contributed by atoms with Gasteiger partial charge in [0.05, 0.1) is 23.0 Å². The predicted octanol–water partition coefficient (Wildman–Crippen LogP) is 1.47. The summed E-state index contributed by atoms with van der Waals surface area (Å²) in [5.74, 6) is 0. The molecule has 2 atom stereocenters. The monoisotopic (exact) mass is 302 g/mol. The van der Waals surface area contributed by atoms with E-state index >= 15 is 0 Å². The molecule has 2 heterocycles. The van der Waals surface area contributed by atoms with Crippen LogP contribution in [0.25, 0.3) is 11.3 Å². The van der Waals surface area contributed by atoms with Crippen LogP contribution in [-0.2, 0) is 10.8 Å². The van der Waals surface area contributed by atoms with E-state index in [1.807, 2.05) is 37.3 Å². The van der Waals surface area contributed by atoms with Crippen LogP contribution in [0.4, 0.5) is 0 Å². The number of hydrogen-bond donors (Lipinski definition) is 1. The highest BCUT2D eigenvalue weighted by molar-refractivity contribution is 7.84. The zero-order valence-corrected chi connectivity index (χ0v) is 12.4. The third kappa shape index (κ3) is 2.40. The van der Waals surface area contributed by atoms with Crippen molar-refractivity contribution in [1.82, 2.24) is 19.5 Å². The van der Waals surface area contributed by atoms with E-state index in [2.05, 4.69) is 15.0 Å². The summed E-state index contributed by atoms with van der Waals surface area (Å²) in [6.45, 7) is 1.92. The third-order valence-corrected chi connectivity index (χ3v) is 4.15. The Labute approximate surface area is 123 Å². The summed E-state index contributed by atoms with van der Waals surface area (Å²) in [6, 6.07) is 9.47. The summed E-state index contributed by atoms with van der Waals surface area (Å²) in [5, 5.41) is 0.357. The van der Waals surface area contributed by atoms with E-state index in [4.69, 9.17) is 0 Å². The Balaban J connectivity index is 2.22. The van der Waals surface area contributed by atoms with E-state index in [1.165, 1.54) is 17.0 Å². The quantitative estimate of drug-likeness (QED) is 0.794. The van der Waals surface area contributed by atoms with Gasteiger partial charge in [0.25, 0.3) is 0 Å². The predicted molar refractivity (Wildman–Crippen MR) is 80.7 cm³/mol. The number of H-pyrrole nitrogens is 1. The molecule has 0 radical (unpaired) electrons. The molecule has 21 heavy (non-hydrogen) atoms. The minimum atomic E-state index is -1.24. The topological polar surface area (TPSA) is 80.6 Å². The summed E-state index contributed by atoms with van der Waals surface area (Å²) in [4.78, 5) is 23.3. The van der Waals surface area contributed by atoms with E-state index in [9.17, 15) is 9.00 Å². The number of nitrogens with one attached hydrogen (secondary N) is 1. The zero-order chi connectivity index (χ0) is 15.0. The number of fused-ring (bicyclic) bond motifs is 1. The van der Waals surface area contributed by atoms with Crippen molar-refractivity contribution in [2.24, 2.45) is 0 Å². The molecule has 1 unspecified atom stereocenters. The molecule has 2 aromatic heterocycles. The molecule has 0 aliphatic carbocycles. The van der Waals surface area contributed by atoms with Gasteiger partial charge in [0, 0.05) is 6.26 Å². The Kier molecular flexibility index (Phi) is 3.42. The Hall–Kier alpha value is -2.28. The van der Waals surface area contributed by atoms with E-state index in [-0.39, 0.29) is 11.7 Å². The Morgan fingerprint density at radius 3 is 2.67 bits per heavy atom. The van der Waals surface area contributed by atoms with Crippen LogP contribution in [0.2, 0.25) is 0 Å². The number of aromatic nitrogens is 4. The van der Waals surface area contributed by atoms with Crippen LogP contribution in [0, 0.1) is 0 Å². The van der Waals surface area contributed by atoms with Crippen molar-refractivity contribution < 1.29 is 4.21 Å². The van der Waals surface area contributed by atoms with Crippen LogP contribution in [0.5, 0.6) is 0 Å². The molecule has 0 aliphatic rings. The van der Waals surface area contributed by atoms with Crippen LogP contribution < -0.4 is 5.69 Å². The molecule has 7 heteroatoms. The first-order valence-corrected chi connectivity index (χ1v) is 7.99. The molecule has 0 amide bonds. The van der Waals surface area contributed by atoms with E-state index < -0.39 is 10.8 Å².